The van der Waals surface area contributed by atoms with E-state index in [2.05, 4.69) is 36.0 Å². The Morgan fingerprint density at radius 1 is 1.00 bits per heavy atom. The van der Waals surface area contributed by atoms with Crippen LogP contribution in [0.25, 0.3) is 0 Å². The summed E-state index contributed by atoms with van der Waals surface area (Å²) in [6.45, 7) is 3.64. The summed E-state index contributed by atoms with van der Waals surface area (Å²) in [5.41, 5.74) is 2.23. The van der Waals surface area contributed by atoms with Crippen LogP contribution in [-0.4, -0.2) is 72.7 Å². The molecule has 2 atom stereocenters. The number of hydrogen-bond donors (Lipinski definition) is 4. The SMILES string of the molecule is O=C1NCCCNC(=O)c2cc(N3CCOCC3)cc(n2)Nc2cc([nH]n2)[C@H]2CC[C@H](C2)O1. The van der Waals surface area contributed by atoms with Crippen molar-refractivity contribution in [1.82, 2.24) is 25.8 Å². The Bertz CT molecular complexity index is 1000. The minimum atomic E-state index is -0.412. The molecular weight excluding hydrogens is 426 g/mol. The standard InChI is InChI=1S/C22H29N7O4/c30-21-18-11-15(29-6-8-32-9-7-29)12-19(25-18)26-20-13-17(27-28-20)14-2-3-16(10-14)33-22(31)24-5-1-4-23-21/h11-14,16H,1-10H2,(H,23,30)(H,24,31)(H2,25,26,27,28)/t14-,16+/m0/s1. The van der Waals surface area contributed by atoms with Crippen LogP contribution < -0.4 is 20.9 Å². The molecule has 2 aromatic rings. The largest absolute Gasteiger partial charge is 0.446 e. The first kappa shape index (κ1) is 21.5. The van der Waals surface area contributed by atoms with Gasteiger partial charge in [-0.1, -0.05) is 0 Å². The average Bonchev–Trinajstić information content (AvgIpc) is 3.48. The Labute approximate surface area is 191 Å². The normalized spacial score (nSPS) is 24.1. The number of fused-ring (bicyclic) bond motifs is 7. The molecule has 0 spiro atoms. The van der Waals surface area contributed by atoms with Gasteiger partial charge in [-0.25, -0.2) is 9.78 Å². The first-order valence-corrected chi connectivity index (χ1v) is 11.5. The molecule has 176 valence electrons. The lowest BCUT2D eigenvalue weighted by Crippen LogP contribution is -2.36. The molecule has 11 heteroatoms. The summed E-state index contributed by atoms with van der Waals surface area (Å²) in [5.74, 6) is 1.17. The summed E-state index contributed by atoms with van der Waals surface area (Å²) in [7, 11) is 0. The average molecular weight is 456 g/mol. The number of anilines is 3. The van der Waals surface area contributed by atoms with Gasteiger partial charge in [-0.2, -0.15) is 5.10 Å². The van der Waals surface area contributed by atoms with Gasteiger partial charge >= 0.3 is 6.09 Å². The van der Waals surface area contributed by atoms with Crippen molar-refractivity contribution in [1.29, 1.82) is 0 Å². The second-order valence-corrected chi connectivity index (χ2v) is 8.60. The maximum atomic E-state index is 12.8. The molecule has 33 heavy (non-hydrogen) atoms. The number of nitrogens with zero attached hydrogens (tertiary/aromatic N) is 3. The predicted molar refractivity (Wildman–Crippen MR) is 121 cm³/mol. The number of hydrogen-bond acceptors (Lipinski definition) is 8. The summed E-state index contributed by atoms with van der Waals surface area (Å²) in [6.07, 6.45) is 2.58. The molecular formula is C22H29N7O4. The van der Waals surface area contributed by atoms with E-state index in [1.807, 2.05) is 12.1 Å². The van der Waals surface area contributed by atoms with E-state index in [1.54, 1.807) is 6.07 Å². The molecule has 2 aromatic heterocycles. The molecule has 1 saturated heterocycles. The first-order valence-electron chi connectivity index (χ1n) is 11.5. The molecule has 4 heterocycles. The highest BCUT2D eigenvalue weighted by Gasteiger charge is 2.30. The number of carbonyl (C=O) groups is 2. The lowest BCUT2D eigenvalue weighted by Gasteiger charge is -2.29. The highest BCUT2D eigenvalue weighted by molar-refractivity contribution is 5.94. The molecule has 2 aliphatic heterocycles. The van der Waals surface area contributed by atoms with E-state index in [9.17, 15) is 9.59 Å². The third kappa shape index (κ3) is 5.19. The fourth-order valence-corrected chi connectivity index (χ4v) is 4.54. The monoisotopic (exact) mass is 455 g/mol. The van der Waals surface area contributed by atoms with Crippen LogP contribution in [0.2, 0.25) is 0 Å². The molecule has 2 amide bonds. The van der Waals surface area contributed by atoms with Crippen molar-refractivity contribution >= 4 is 29.3 Å². The van der Waals surface area contributed by atoms with Gasteiger partial charge in [-0.05, 0) is 31.7 Å². The lowest BCUT2D eigenvalue weighted by atomic mass is 10.0. The Balaban J connectivity index is 1.42. The molecule has 0 unspecified atom stereocenters. The van der Waals surface area contributed by atoms with Crippen LogP contribution in [0.4, 0.5) is 22.1 Å². The topological polar surface area (TPSA) is 134 Å². The van der Waals surface area contributed by atoms with Crippen molar-refractivity contribution in [3.63, 3.8) is 0 Å². The molecule has 4 N–H and O–H groups in total. The summed E-state index contributed by atoms with van der Waals surface area (Å²) < 4.78 is 11.0. The Hall–Kier alpha value is -3.34. The third-order valence-corrected chi connectivity index (χ3v) is 6.28. The van der Waals surface area contributed by atoms with Crippen molar-refractivity contribution < 1.29 is 19.1 Å². The fraction of sp³-hybridized carbons (Fsp3) is 0.545. The van der Waals surface area contributed by atoms with Gasteiger partial charge in [-0.3, -0.25) is 9.89 Å². The highest BCUT2D eigenvalue weighted by atomic mass is 16.6. The van der Waals surface area contributed by atoms with Crippen molar-refractivity contribution in [3.8, 4) is 0 Å². The van der Waals surface area contributed by atoms with Gasteiger partial charge in [0.1, 0.15) is 17.6 Å². The molecule has 3 aliphatic rings. The minimum absolute atomic E-state index is 0.109. The fourth-order valence-electron chi connectivity index (χ4n) is 4.54. The maximum Gasteiger partial charge on any atom is 0.407 e. The van der Waals surface area contributed by atoms with Crippen LogP contribution in [0.1, 0.15) is 47.8 Å². The number of amides is 2. The Kier molecular flexibility index (Phi) is 6.29. The van der Waals surface area contributed by atoms with Crippen molar-refractivity contribution in [2.24, 2.45) is 0 Å². The number of pyridine rings is 1. The molecule has 6 bridgehead atoms. The second kappa shape index (κ2) is 9.65. The van der Waals surface area contributed by atoms with Crippen LogP contribution in [0, 0.1) is 0 Å². The van der Waals surface area contributed by atoms with E-state index < -0.39 is 6.09 Å². The Morgan fingerprint density at radius 2 is 1.85 bits per heavy atom. The van der Waals surface area contributed by atoms with Gasteiger partial charge in [0, 0.05) is 55.6 Å². The zero-order chi connectivity index (χ0) is 22.6. The number of H-pyrrole nitrogens is 1. The molecule has 1 saturated carbocycles. The highest BCUT2D eigenvalue weighted by Crippen LogP contribution is 2.36. The lowest BCUT2D eigenvalue weighted by molar-refractivity contribution is 0.0948. The van der Waals surface area contributed by atoms with E-state index >= 15 is 0 Å². The zero-order valence-corrected chi connectivity index (χ0v) is 18.4. The van der Waals surface area contributed by atoms with Crippen molar-refractivity contribution in [2.75, 3.05) is 49.6 Å². The van der Waals surface area contributed by atoms with Gasteiger partial charge < -0.3 is 30.3 Å². The number of aromatic amines is 1. The molecule has 5 rings (SSSR count). The number of morpholine rings is 1. The van der Waals surface area contributed by atoms with Crippen molar-refractivity contribution in [2.45, 2.75) is 37.7 Å². The van der Waals surface area contributed by atoms with Crippen LogP contribution >= 0.6 is 0 Å². The van der Waals surface area contributed by atoms with Crippen LogP contribution in [0.5, 0.6) is 0 Å². The minimum Gasteiger partial charge on any atom is -0.446 e. The van der Waals surface area contributed by atoms with Gasteiger partial charge in [0.2, 0.25) is 0 Å². The van der Waals surface area contributed by atoms with E-state index in [1.165, 1.54) is 0 Å². The van der Waals surface area contributed by atoms with E-state index in [4.69, 9.17) is 9.47 Å². The summed E-state index contributed by atoms with van der Waals surface area (Å²) in [4.78, 5) is 31.6. The van der Waals surface area contributed by atoms with Gasteiger partial charge in [0.25, 0.3) is 5.91 Å². The van der Waals surface area contributed by atoms with Crippen LogP contribution in [0.3, 0.4) is 0 Å². The van der Waals surface area contributed by atoms with Gasteiger partial charge in [-0.15, -0.1) is 0 Å². The van der Waals surface area contributed by atoms with Crippen LogP contribution in [0.15, 0.2) is 18.2 Å². The molecule has 1 aliphatic carbocycles. The van der Waals surface area contributed by atoms with Crippen molar-refractivity contribution in [3.05, 3.63) is 29.6 Å². The van der Waals surface area contributed by atoms with Gasteiger partial charge in [0.05, 0.1) is 13.2 Å². The number of nitrogens with one attached hydrogen (secondary N) is 4. The summed E-state index contributed by atoms with van der Waals surface area (Å²) in [5, 5.41) is 16.4. The molecule has 2 fully saturated rings. The second-order valence-electron chi connectivity index (χ2n) is 8.60. The maximum absolute atomic E-state index is 12.8. The molecule has 0 radical (unpaired) electrons. The molecule has 11 nitrogen and oxygen atoms in total. The first-order chi connectivity index (χ1) is 16.1. The summed E-state index contributed by atoms with van der Waals surface area (Å²) >= 11 is 0. The number of ether oxygens (including phenoxy) is 2. The number of carbonyl (C=O) groups excluding carboxylic acids is 2. The van der Waals surface area contributed by atoms with Gasteiger partial charge in [0.15, 0.2) is 5.82 Å². The number of rotatable bonds is 1. The smallest absolute Gasteiger partial charge is 0.407 e. The van der Waals surface area contributed by atoms with E-state index in [0.29, 0.717) is 50.1 Å². The number of aromatic nitrogens is 3. The van der Waals surface area contributed by atoms with E-state index in [-0.39, 0.29) is 17.9 Å². The quantitative estimate of drug-likeness (QED) is 0.512. The van der Waals surface area contributed by atoms with Crippen LogP contribution in [-0.2, 0) is 9.47 Å². The molecule has 0 aromatic carbocycles. The summed E-state index contributed by atoms with van der Waals surface area (Å²) in [6, 6.07) is 5.69. The third-order valence-electron chi connectivity index (χ3n) is 6.28. The van der Waals surface area contributed by atoms with E-state index in [0.717, 1.165) is 43.7 Å². The zero-order valence-electron chi connectivity index (χ0n) is 18.4. The Morgan fingerprint density at radius 3 is 2.73 bits per heavy atom. The predicted octanol–water partition coefficient (Wildman–Crippen LogP) is 1.88. The number of alkyl carbamates (subject to hydrolysis) is 1.